The summed E-state index contributed by atoms with van der Waals surface area (Å²) in [6.07, 6.45) is 0.563. The molecule has 2 aromatic rings. The minimum atomic E-state index is -3.50. The van der Waals surface area contributed by atoms with E-state index in [2.05, 4.69) is 10.3 Å². The molecule has 9 nitrogen and oxygen atoms in total. The topological polar surface area (TPSA) is 117 Å². The fourth-order valence-corrected chi connectivity index (χ4v) is 6.33. The minimum absolute atomic E-state index is 0.0768. The molecule has 170 valence electrons. The Hall–Kier alpha value is -1.86. The Morgan fingerprint density at radius 3 is 2.42 bits per heavy atom. The summed E-state index contributed by atoms with van der Waals surface area (Å²) < 4.78 is 51.6. The Bertz CT molecular complexity index is 1170. The lowest BCUT2D eigenvalue weighted by Gasteiger charge is -2.27. The zero-order valence-electron chi connectivity index (χ0n) is 17.8. The van der Waals surface area contributed by atoms with Crippen LogP contribution in [-0.2, 0) is 44.2 Å². The zero-order valence-corrected chi connectivity index (χ0v) is 20.3. The number of fused-ring (bicyclic) bond motifs is 1. The van der Waals surface area contributed by atoms with E-state index in [0.717, 1.165) is 10.6 Å². The number of hydrogen-bond acceptors (Lipinski definition) is 7. The van der Waals surface area contributed by atoms with Gasteiger partial charge in [-0.1, -0.05) is 12.1 Å². The molecular weight excluding hydrogens is 460 g/mol. The first-order valence-corrected chi connectivity index (χ1v) is 13.5. The molecule has 1 aliphatic heterocycles. The molecule has 12 heteroatoms. The average Bonchev–Trinajstić information content (AvgIpc) is 3.09. The van der Waals surface area contributed by atoms with Gasteiger partial charge in [0.1, 0.15) is 0 Å². The first-order chi connectivity index (χ1) is 14.4. The number of carbonyl (C=O) groups is 1. The predicted molar refractivity (Wildman–Crippen MR) is 120 cm³/mol. The molecule has 0 bridgehead atoms. The van der Waals surface area contributed by atoms with Crippen molar-refractivity contribution in [2.24, 2.45) is 0 Å². The van der Waals surface area contributed by atoms with Gasteiger partial charge in [-0.25, -0.2) is 13.4 Å². The molecule has 0 saturated carbocycles. The molecule has 0 spiro atoms. The second-order valence-electron chi connectivity index (χ2n) is 7.73. The molecule has 1 aliphatic rings. The fourth-order valence-electron chi connectivity index (χ4n) is 3.07. The van der Waals surface area contributed by atoms with Crippen molar-refractivity contribution in [2.75, 3.05) is 26.0 Å². The molecule has 0 fully saturated rings. The Morgan fingerprint density at radius 1 is 1.19 bits per heavy atom. The number of amides is 1. The second-order valence-corrected chi connectivity index (χ2v) is 13.5. The Labute approximate surface area is 187 Å². The number of benzene rings is 1. The third-order valence-corrected chi connectivity index (χ3v) is 10.0. The number of nitrogens with one attached hydrogen (secondary N) is 1. The molecule has 1 aromatic carbocycles. The Morgan fingerprint density at radius 2 is 1.84 bits per heavy atom. The standard InChI is InChI=1S/C19H26N4O5S3/c1-13(2)30(25,26)15-7-5-14(6-8-15)11-18(24)21-19-20-16-9-10-23(12-17(16)29-19)31(27,28)22(3)4/h5-8,13H,9-12H2,1-4H3,(H,20,21,24). The number of aromatic nitrogens is 1. The highest BCUT2D eigenvalue weighted by atomic mass is 32.2. The number of carbonyl (C=O) groups excluding carboxylic acids is 1. The van der Waals surface area contributed by atoms with Crippen LogP contribution in [0.4, 0.5) is 5.13 Å². The Kier molecular flexibility index (Phi) is 6.87. The van der Waals surface area contributed by atoms with E-state index in [-0.39, 0.29) is 23.8 Å². The molecule has 31 heavy (non-hydrogen) atoms. The van der Waals surface area contributed by atoms with Crippen LogP contribution in [0, 0.1) is 0 Å². The number of thiazole rings is 1. The van der Waals surface area contributed by atoms with Crippen LogP contribution in [0.15, 0.2) is 29.2 Å². The summed E-state index contributed by atoms with van der Waals surface area (Å²) >= 11 is 1.27. The van der Waals surface area contributed by atoms with Crippen molar-refractivity contribution in [3.8, 4) is 0 Å². The van der Waals surface area contributed by atoms with Crippen molar-refractivity contribution in [3.05, 3.63) is 40.4 Å². The van der Waals surface area contributed by atoms with Crippen molar-refractivity contribution in [2.45, 2.75) is 43.4 Å². The molecule has 1 N–H and O–H groups in total. The van der Waals surface area contributed by atoms with Crippen LogP contribution in [0.2, 0.25) is 0 Å². The molecule has 1 amide bonds. The van der Waals surface area contributed by atoms with Crippen molar-refractivity contribution in [1.29, 1.82) is 0 Å². The third-order valence-electron chi connectivity index (χ3n) is 4.97. The fraction of sp³-hybridized carbons (Fsp3) is 0.474. The molecular formula is C19H26N4O5S3. The molecule has 0 saturated heterocycles. The van der Waals surface area contributed by atoms with E-state index in [1.807, 2.05) is 0 Å². The molecule has 3 rings (SSSR count). The van der Waals surface area contributed by atoms with E-state index >= 15 is 0 Å². The molecule has 0 radical (unpaired) electrons. The van der Waals surface area contributed by atoms with Gasteiger partial charge in [0.2, 0.25) is 5.91 Å². The smallest absolute Gasteiger partial charge is 0.281 e. The van der Waals surface area contributed by atoms with Crippen LogP contribution in [0.25, 0.3) is 0 Å². The summed E-state index contributed by atoms with van der Waals surface area (Å²) in [5.41, 5.74) is 1.48. The minimum Gasteiger partial charge on any atom is -0.302 e. The number of sulfone groups is 1. The molecule has 1 aromatic heterocycles. The largest absolute Gasteiger partial charge is 0.302 e. The normalized spacial score (nSPS) is 15.3. The van der Waals surface area contributed by atoms with E-state index in [1.165, 1.54) is 46.2 Å². The van der Waals surface area contributed by atoms with Crippen molar-refractivity contribution < 1.29 is 21.6 Å². The lowest BCUT2D eigenvalue weighted by molar-refractivity contribution is -0.115. The van der Waals surface area contributed by atoms with Gasteiger partial charge in [-0.15, -0.1) is 11.3 Å². The molecule has 0 unspecified atom stereocenters. The maximum atomic E-state index is 12.4. The van der Waals surface area contributed by atoms with Gasteiger partial charge in [0.15, 0.2) is 15.0 Å². The highest BCUT2D eigenvalue weighted by Gasteiger charge is 2.30. The van der Waals surface area contributed by atoms with E-state index in [1.54, 1.807) is 26.0 Å². The van der Waals surface area contributed by atoms with Crippen LogP contribution >= 0.6 is 11.3 Å². The summed E-state index contributed by atoms with van der Waals surface area (Å²) in [4.78, 5) is 17.9. The van der Waals surface area contributed by atoms with E-state index in [9.17, 15) is 21.6 Å². The maximum absolute atomic E-state index is 12.4. The van der Waals surface area contributed by atoms with E-state index < -0.39 is 25.3 Å². The van der Waals surface area contributed by atoms with Crippen LogP contribution in [-0.4, -0.2) is 62.2 Å². The first kappa shape index (κ1) is 23.8. The van der Waals surface area contributed by atoms with Crippen molar-refractivity contribution in [1.82, 2.24) is 13.6 Å². The number of anilines is 1. The summed E-state index contributed by atoms with van der Waals surface area (Å²) in [5.74, 6) is -0.275. The summed E-state index contributed by atoms with van der Waals surface area (Å²) in [5, 5.41) is 2.67. The molecule has 0 aliphatic carbocycles. The number of nitrogens with zero attached hydrogens (tertiary/aromatic N) is 3. The SMILES string of the molecule is CC(C)S(=O)(=O)c1ccc(CC(=O)Nc2nc3c(s2)CN(S(=O)(=O)N(C)C)CC3)cc1. The van der Waals surface area contributed by atoms with Crippen LogP contribution in [0.1, 0.15) is 30.0 Å². The first-order valence-electron chi connectivity index (χ1n) is 9.70. The van der Waals surface area contributed by atoms with Crippen molar-refractivity contribution in [3.63, 3.8) is 0 Å². The van der Waals surface area contributed by atoms with Gasteiger partial charge in [-0.3, -0.25) is 4.79 Å². The number of rotatable bonds is 7. The van der Waals surface area contributed by atoms with Crippen LogP contribution < -0.4 is 5.32 Å². The van der Waals surface area contributed by atoms with Gasteiger partial charge in [-0.05, 0) is 31.5 Å². The lowest BCUT2D eigenvalue weighted by atomic mass is 10.1. The van der Waals surface area contributed by atoms with Gasteiger partial charge < -0.3 is 5.32 Å². The summed E-state index contributed by atoms with van der Waals surface area (Å²) in [6, 6.07) is 6.29. The quantitative estimate of drug-likeness (QED) is 0.636. The van der Waals surface area contributed by atoms with E-state index in [4.69, 9.17) is 0 Å². The highest BCUT2D eigenvalue weighted by molar-refractivity contribution is 7.92. The molecule has 2 heterocycles. The third kappa shape index (κ3) is 5.14. The summed E-state index contributed by atoms with van der Waals surface area (Å²) in [7, 11) is -3.87. The van der Waals surface area contributed by atoms with Crippen LogP contribution in [0.5, 0.6) is 0 Å². The second kappa shape index (κ2) is 8.94. The average molecular weight is 487 g/mol. The Balaban J connectivity index is 1.65. The molecule has 0 atom stereocenters. The van der Waals surface area contributed by atoms with Gasteiger partial charge in [0.05, 0.1) is 28.8 Å². The van der Waals surface area contributed by atoms with Gasteiger partial charge in [0, 0.05) is 31.9 Å². The number of hydrogen-bond donors (Lipinski definition) is 1. The van der Waals surface area contributed by atoms with Gasteiger partial charge in [0.25, 0.3) is 10.2 Å². The zero-order chi connectivity index (χ0) is 23.0. The highest BCUT2D eigenvalue weighted by Crippen LogP contribution is 2.30. The van der Waals surface area contributed by atoms with Gasteiger partial charge in [-0.2, -0.15) is 17.0 Å². The van der Waals surface area contributed by atoms with Crippen LogP contribution in [0.3, 0.4) is 0 Å². The van der Waals surface area contributed by atoms with Gasteiger partial charge >= 0.3 is 0 Å². The maximum Gasteiger partial charge on any atom is 0.281 e. The van der Waals surface area contributed by atoms with E-state index in [0.29, 0.717) is 23.7 Å². The lowest BCUT2D eigenvalue weighted by Crippen LogP contribution is -2.42. The van der Waals surface area contributed by atoms with Crippen molar-refractivity contribution >= 4 is 42.4 Å². The monoisotopic (exact) mass is 486 g/mol. The summed E-state index contributed by atoms with van der Waals surface area (Å²) in [6.45, 7) is 3.82. The predicted octanol–water partition coefficient (Wildman–Crippen LogP) is 1.67.